The first-order valence-corrected chi connectivity index (χ1v) is 5.32. The van der Waals surface area contributed by atoms with Gasteiger partial charge in [-0.15, -0.1) is 0 Å². The molecule has 1 aromatic rings. The monoisotopic (exact) mass is 192 g/mol. The fourth-order valence-corrected chi connectivity index (χ4v) is 1.03. The van der Waals surface area contributed by atoms with E-state index in [1.54, 1.807) is 0 Å². The van der Waals surface area contributed by atoms with Crippen molar-refractivity contribution in [2.24, 2.45) is 0 Å². The zero-order valence-corrected chi connectivity index (χ0v) is 9.20. The lowest BCUT2D eigenvalue weighted by molar-refractivity contribution is -0.107. The predicted molar refractivity (Wildman–Crippen MR) is 61.4 cm³/mol. The molecule has 1 aromatic carbocycles. The lowest BCUT2D eigenvalue weighted by Gasteiger charge is -1.96. The van der Waals surface area contributed by atoms with Crippen molar-refractivity contribution in [1.29, 1.82) is 0 Å². The van der Waals surface area contributed by atoms with Crippen molar-refractivity contribution >= 4 is 6.29 Å². The molecule has 0 aliphatic rings. The van der Waals surface area contributed by atoms with Crippen molar-refractivity contribution in [1.82, 2.24) is 0 Å². The third-order valence-corrected chi connectivity index (χ3v) is 1.83. The number of carbonyl (C=O) groups excluding carboxylic acids is 1. The highest BCUT2D eigenvalue weighted by atomic mass is 16.1. The maximum Gasteiger partial charge on any atom is 0.119 e. The van der Waals surface area contributed by atoms with Gasteiger partial charge in [-0.1, -0.05) is 50.6 Å². The molecular formula is C13H20O. The Balaban J connectivity index is 0.000000364. The first-order valence-electron chi connectivity index (χ1n) is 5.32. The molecule has 0 saturated heterocycles. The third-order valence-electron chi connectivity index (χ3n) is 1.83. The highest BCUT2D eigenvalue weighted by molar-refractivity contribution is 5.48. The molecule has 0 spiro atoms. The number of carbonyl (C=O) groups is 1. The van der Waals surface area contributed by atoms with Crippen LogP contribution in [0.5, 0.6) is 0 Å². The molecule has 0 aliphatic heterocycles. The van der Waals surface area contributed by atoms with E-state index in [0.29, 0.717) is 6.42 Å². The van der Waals surface area contributed by atoms with Crippen molar-refractivity contribution in [2.45, 2.75) is 39.5 Å². The zero-order chi connectivity index (χ0) is 10.6. The summed E-state index contributed by atoms with van der Waals surface area (Å²) in [5.74, 6) is 0. The van der Waals surface area contributed by atoms with Crippen LogP contribution in [0.3, 0.4) is 0 Å². The van der Waals surface area contributed by atoms with Crippen molar-refractivity contribution in [2.75, 3.05) is 0 Å². The number of unbranched alkanes of at least 4 members (excludes halogenated alkanes) is 1. The molecule has 0 bridgehead atoms. The van der Waals surface area contributed by atoms with E-state index in [4.69, 9.17) is 0 Å². The van der Waals surface area contributed by atoms with Crippen LogP contribution in [0.4, 0.5) is 0 Å². The molecule has 0 unspecified atom stereocenters. The number of rotatable bonds is 4. The number of hydrogen-bond donors (Lipinski definition) is 0. The molecule has 1 nitrogen and oxygen atoms in total. The number of hydrogen-bond acceptors (Lipinski definition) is 1. The van der Waals surface area contributed by atoms with Gasteiger partial charge in [-0.05, 0) is 18.4 Å². The van der Waals surface area contributed by atoms with Crippen LogP contribution >= 0.6 is 0 Å². The minimum absolute atomic E-state index is 0.639. The summed E-state index contributed by atoms with van der Waals surface area (Å²) in [6, 6.07) is 10.6. The molecule has 0 saturated carbocycles. The van der Waals surface area contributed by atoms with Gasteiger partial charge in [-0.3, -0.25) is 0 Å². The van der Waals surface area contributed by atoms with Gasteiger partial charge in [0.2, 0.25) is 0 Å². The third kappa shape index (κ3) is 7.53. The van der Waals surface area contributed by atoms with Crippen molar-refractivity contribution in [3.63, 3.8) is 0 Å². The second kappa shape index (κ2) is 9.97. The lowest BCUT2D eigenvalue weighted by Crippen LogP contribution is -1.81. The molecule has 0 N–H and O–H groups in total. The fourth-order valence-electron chi connectivity index (χ4n) is 1.03. The molecule has 0 amide bonds. The molecule has 0 aliphatic carbocycles. The number of benzene rings is 1. The van der Waals surface area contributed by atoms with Crippen LogP contribution in [0.1, 0.15) is 38.7 Å². The lowest BCUT2D eigenvalue weighted by atomic mass is 10.1. The van der Waals surface area contributed by atoms with E-state index >= 15 is 0 Å². The minimum atomic E-state index is 0.639. The van der Waals surface area contributed by atoms with Crippen molar-refractivity contribution < 1.29 is 4.79 Å². The van der Waals surface area contributed by atoms with Gasteiger partial charge in [0, 0.05) is 6.42 Å². The predicted octanol–water partition coefficient (Wildman–Crippen LogP) is 3.62. The summed E-state index contributed by atoms with van der Waals surface area (Å²) in [6.45, 7) is 4.04. The largest absolute Gasteiger partial charge is 0.303 e. The molecule has 0 fully saturated rings. The Bertz CT molecular complexity index is 216. The molecule has 0 aromatic heterocycles. The summed E-state index contributed by atoms with van der Waals surface area (Å²) in [7, 11) is 0. The summed E-state index contributed by atoms with van der Waals surface area (Å²) in [5, 5.41) is 0. The Morgan fingerprint density at radius 1 is 1.14 bits per heavy atom. The molecule has 1 rings (SSSR count). The van der Waals surface area contributed by atoms with Gasteiger partial charge in [-0.2, -0.15) is 0 Å². The Kier molecular flexibility index (Phi) is 9.18. The van der Waals surface area contributed by atoms with Crippen LogP contribution in [-0.2, 0) is 11.2 Å². The first kappa shape index (κ1) is 12.9. The zero-order valence-electron chi connectivity index (χ0n) is 9.20. The molecule has 0 radical (unpaired) electrons. The Morgan fingerprint density at radius 3 is 2.14 bits per heavy atom. The van der Waals surface area contributed by atoms with Crippen LogP contribution in [0.2, 0.25) is 0 Å². The van der Waals surface area contributed by atoms with Crippen LogP contribution in [0.15, 0.2) is 30.3 Å². The van der Waals surface area contributed by atoms with Crippen molar-refractivity contribution in [3.05, 3.63) is 35.9 Å². The molecular weight excluding hydrogens is 172 g/mol. The van der Waals surface area contributed by atoms with Gasteiger partial charge >= 0.3 is 0 Å². The highest BCUT2D eigenvalue weighted by Crippen LogP contribution is 2.03. The maximum absolute atomic E-state index is 9.17. The molecule has 0 atom stereocenters. The quantitative estimate of drug-likeness (QED) is 0.666. The molecule has 0 heterocycles. The molecule has 1 heteroatoms. The number of aldehydes is 1. The van der Waals surface area contributed by atoms with Gasteiger partial charge in [-0.25, -0.2) is 0 Å². The van der Waals surface area contributed by atoms with E-state index in [-0.39, 0.29) is 0 Å². The van der Waals surface area contributed by atoms with E-state index in [0.717, 1.165) is 6.29 Å². The topological polar surface area (TPSA) is 17.1 Å². The van der Waals surface area contributed by atoms with E-state index in [9.17, 15) is 4.79 Å². The Morgan fingerprint density at radius 2 is 1.71 bits per heavy atom. The van der Waals surface area contributed by atoms with E-state index in [1.165, 1.54) is 24.8 Å². The summed E-state index contributed by atoms with van der Waals surface area (Å²) < 4.78 is 0. The maximum atomic E-state index is 9.17. The SMILES string of the molecule is CCC=O.CCCCc1ccccc1. The van der Waals surface area contributed by atoms with Crippen molar-refractivity contribution in [3.8, 4) is 0 Å². The van der Waals surface area contributed by atoms with E-state index in [1.807, 2.05) is 6.92 Å². The summed E-state index contributed by atoms with van der Waals surface area (Å²) >= 11 is 0. The molecule has 78 valence electrons. The van der Waals surface area contributed by atoms with Crippen LogP contribution in [0.25, 0.3) is 0 Å². The van der Waals surface area contributed by atoms with Crippen LogP contribution < -0.4 is 0 Å². The summed E-state index contributed by atoms with van der Waals surface area (Å²) in [4.78, 5) is 9.17. The smallest absolute Gasteiger partial charge is 0.119 e. The van der Waals surface area contributed by atoms with Crippen LogP contribution in [0, 0.1) is 0 Å². The van der Waals surface area contributed by atoms with Gasteiger partial charge < -0.3 is 4.79 Å². The van der Waals surface area contributed by atoms with Gasteiger partial charge in [0.15, 0.2) is 0 Å². The molecule has 14 heavy (non-hydrogen) atoms. The van der Waals surface area contributed by atoms with E-state index in [2.05, 4.69) is 37.3 Å². The average Bonchev–Trinajstić information content (AvgIpc) is 2.28. The number of aryl methyl sites for hydroxylation is 1. The standard InChI is InChI=1S/C10H14.C3H6O/c1-2-3-7-10-8-5-4-6-9-10;1-2-3-4/h4-6,8-9H,2-3,7H2,1H3;3H,2H2,1H3. The van der Waals surface area contributed by atoms with Gasteiger partial charge in [0.25, 0.3) is 0 Å². The Labute approximate surface area is 87.2 Å². The van der Waals surface area contributed by atoms with E-state index < -0.39 is 0 Å². The fraction of sp³-hybridized carbons (Fsp3) is 0.462. The second-order valence-corrected chi connectivity index (χ2v) is 3.16. The summed E-state index contributed by atoms with van der Waals surface area (Å²) in [6.07, 6.45) is 5.34. The second-order valence-electron chi connectivity index (χ2n) is 3.16. The minimum Gasteiger partial charge on any atom is -0.303 e. The van der Waals surface area contributed by atoms with Gasteiger partial charge in [0.1, 0.15) is 6.29 Å². The van der Waals surface area contributed by atoms with Gasteiger partial charge in [0.05, 0.1) is 0 Å². The average molecular weight is 192 g/mol. The first-order chi connectivity index (χ1) is 6.85. The highest BCUT2D eigenvalue weighted by Gasteiger charge is 1.87. The Hall–Kier alpha value is -1.11. The van der Waals surface area contributed by atoms with Crippen LogP contribution in [-0.4, -0.2) is 6.29 Å². The normalized spacial score (nSPS) is 8.71. The summed E-state index contributed by atoms with van der Waals surface area (Å²) in [5.41, 5.74) is 1.46.